The molecular weight excluding hydrogens is 380 g/mol. The summed E-state index contributed by atoms with van der Waals surface area (Å²) in [4.78, 5) is 2.39. The van der Waals surface area contributed by atoms with Crippen LogP contribution in [0.3, 0.4) is 0 Å². The molecule has 0 radical (unpaired) electrons. The van der Waals surface area contributed by atoms with Crippen LogP contribution < -0.4 is 10.2 Å². The van der Waals surface area contributed by atoms with E-state index in [0.29, 0.717) is 0 Å². The molecule has 1 saturated heterocycles. The highest BCUT2D eigenvalue weighted by Gasteiger charge is 2.47. The average Bonchev–Trinajstić information content (AvgIpc) is 2.83. The summed E-state index contributed by atoms with van der Waals surface area (Å²) in [5.74, 6) is 0. The lowest BCUT2D eigenvalue weighted by atomic mass is 9.71. The van der Waals surface area contributed by atoms with Crippen LogP contribution in [-0.4, -0.2) is 24.2 Å². The fraction of sp³-hybridized carbons (Fsp3) is 0.286. The Labute approximate surface area is 185 Å². The second kappa shape index (κ2) is 8.60. The molecule has 158 valence electrons. The molecule has 3 heteroatoms. The number of rotatable bonds is 6. The van der Waals surface area contributed by atoms with Gasteiger partial charge in [-0.1, -0.05) is 66.7 Å². The molecule has 2 aliphatic rings. The second-order valence-corrected chi connectivity index (χ2v) is 8.64. The first kappa shape index (κ1) is 19.9. The van der Waals surface area contributed by atoms with E-state index in [1.807, 2.05) is 6.07 Å². The summed E-state index contributed by atoms with van der Waals surface area (Å²) in [6.45, 7) is 1.90. The van der Waals surface area contributed by atoms with Crippen molar-refractivity contribution < 1.29 is 5.11 Å². The Balaban J connectivity index is 1.41. The minimum absolute atomic E-state index is 0.0318. The zero-order valence-corrected chi connectivity index (χ0v) is 17.9. The van der Waals surface area contributed by atoms with Crippen LogP contribution in [0.4, 0.5) is 11.4 Å². The molecule has 3 aromatic carbocycles. The SMILES string of the molecule is O[C@]12CCCN(c3ccccc3)[C@H]1C=C(CCCNc1ccccc1)c1ccccc12. The van der Waals surface area contributed by atoms with Gasteiger partial charge >= 0.3 is 0 Å². The van der Waals surface area contributed by atoms with Gasteiger partial charge in [-0.25, -0.2) is 0 Å². The summed E-state index contributed by atoms with van der Waals surface area (Å²) in [6.07, 6.45) is 6.17. The number of anilines is 2. The Morgan fingerprint density at radius 1 is 0.903 bits per heavy atom. The maximum Gasteiger partial charge on any atom is 0.114 e. The molecule has 1 aliphatic carbocycles. The lowest BCUT2D eigenvalue weighted by Crippen LogP contribution is -2.56. The van der Waals surface area contributed by atoms with Crippen molar-refractivity contribution in [2.75, 3.05) is 23.3 Å². The number of nitrogens with zero attached hydrogens (tertiary/aromatic N) is 1. The van der Waals surface area contributed by atoms with Crippen LogP contribution in [0, 0.1) is 0 Å². The van der Waals surface area contributed by atoms with Crippen LogP contribution in [0.1, 0.15) is 36.8 Å². The van der Waals surface area contributed by atoms with Crippen LogP contribution in [0.2, 0.25) is 0 Å². The molecule has 0 bridgehead atoms. The molecule has 0 amide bonds. The van der Waals surface area contributed by atoms with Gasteiger partial charge in [-0.05, 0) is 66.6 Å². The van der Waals surface area contributed by atoms with E-state index in [9.17, 15) is 5.11 Å². The molecule has 0 aromatic heterocycles. The van der Waals surface area contributed by atoms with E-state index in [2.05, 4.69) is 95.2 Å². The van der Waals surface area contributed by atoms with E-state index in [4.69, 9.17) is 0 Å². The molecule has 1 heterocycles. The highest BCUT2D eigenvalue weighted by molar-refractivity contribution is 5.74. The van der Waals surface area contributed by atoms with Crippen molar-refractivity contribution in [1.29, 1.82) is 0 Å². The number of benzene rings is 3. The maximum atomic E-state index is 11.9. The summed E-state index contributed by atoms with van der Waals surface area (Å²) in [7, 11) is 0. The van der Waals surface area contributed by atoms with Crippen LogP contribution in [0.25, 0.3) is 5.57 Å². The van der Waals surface area contributed by atoms with Crippen LogP contribution in [0.5, 0.6) is 0 Å². The first-order chi connectivity index (χ1) is 15.3. The van der Waals surface area contributed by atoms with E-state index < -0.39 is 5.60 Å². The van der Waals surface area contributed by atoms with E-state index in [1.54, 1.807) is 0 Å². The van der Waals surface area contributed by atoms with Crippen molar-refractivity contribution in [2.24, 2.45) is 0 Å². The number of allylic oxidation sites excluding steroid dienone is 1. The van der Waals surface area contributed by atoms with Crippen LogP contribution in [0.15, 0.2) is 91.0 Å². The number of aliphatic hydroxyl groups is 1. The third-order valence-electron chi connectivity index (χ3n) is 6.69. The number of nitrogens with one attached hydrogen (secondary N) is 1. The van der Waals surface area contributed by atoms with Crippen molar-refractivity contribution in [2.45, 2.75) is 37.3 Å². The molecular formula is C28H30N2O. The molecule has 1 fully saturated rings. The van der Waals surface area contributed by atoms with Gasteiger partial charge in [0.2, 0.25) is 0 Å². The third-order valence-corrected chi connectivity index (χ3v) is 6.69. The topological polar surface area (TPSA) is 35.5 Å². The lowest BCUT2D eigenvalue weighted by molar-refractivity contribution is -0.00310. The number of hydrogen-bond acceptors (Lipinski definition) is 3. The van der Waals surface area contributed by atoms with Gasteiger partial charge in [0.1, 0.15) is 5.60 Å². The Bertz CT molecular complexity index is 1050. The Morgan fingerprint density at radius 3 is 2.42 bits per heavy atom. The van der Waals surface area contributed by atoms with Crippen molar-refractivity contribution in [3.63, 3.8) is 0 Å². The molecule has 5 rings (SSSR count). The van der Waals surface area contributed by atoms with Gasteiger partial charge in [0.05, 0.1) is 6.04 Å². The highest BCUT2D eigenvalue weighted by Crippen LogP contribution is 2.47. The largest absolute Gasteiger partial charge is 0.385 e. The minimum Gasteiger partial charge on any atom is -0.385 e. The molecule has 2 N–H and O–H groups in total. The molecule has 2 atom stereocenters. The summed E-state index contributed by atoms with van der Waals surface area (Å²) in [5.41, 5.74) is 5.17. The van der Waals surface area contributed by atoms with Crippen molar-refractivity contribution in [3.05, 3.63) is 102 Å². The fourth-order valence-corrected chi connectivity index (χ4v) is 5.20. The van der Waals surface area contributed by atoms with Gasteiger partial charge in [-0.2, -0.15) is 0 Å². The monoisotopic (exact) mass is 410 g/mol. The summed E-state index contributed by atoms with van der Waals surface area (Å²) in [6, 6.07) is 29.3. The summed E-state index contributed by atoms with van der Waals surface area (Å²) < 4.78 is 0. The number of para-hydroxylation sites is 2. The number of fused-ring (bicyclic) bond motifs is 3. The van der Waals surface area contributed by atoms with Crippen molar-refractivity contribution >= 4 is 16.9 Å². The van der Waals surface area contributed by atoms with Crippen LogP contribution in [-0.2, 0) is 5.60 Å². The van der Waals surface area contributed by atoms with Gasteiger partial charge in [0.15, 0.2) is 0 Å². The lowest BCUT2D eigenvalue weighted by Gasteiger charge is -2.50. The predicted molar refractivity (Wildman–Crippen MR) is 129 cm³/mol. The molecule has 3 nitrogen and oxygen atoms in total. The quantitative estimate of drug-likeness (QED) is 0.502. The Kier molecular flexibility index (Phi) is 5.52. The molecule has 0 saturated carbocycles. The van der Waals surface area contributed by atoms with Gasteiger partial charge in [0, 0.05) is 24.5 Å². The predicted octanol–water partition coefficient (Wildman–Crippen LogP) is 5.83. The van der Waals surface area contributed by atoms with Crippen molar-refractivity contribution in [1.82, 2.24) is 0 Å². The van der Waals surface area contributed by atoms with Crippen LogP contribution >= 0.6 is 0 Å². The standard InChI is InChI=1S/C28H30N2O/c31-28-18-10-20-30(24-14-5-2-6-15-24)27(28)21-22(25-16-7-8-17-26(25)28)11-9-19-29-23-12-3-1-4-13-23/h1-8,12-17,21,27,29,31H,9-11,18-20H2/t27-,28-/m0/s1. The molecule has 3 aromatic rings. The Hall–Kier alpha value is -3.04. The normalized spacial score (nSPS) is 22.3. The first-order valence-electron chi connectivity index (χ1n) is 11.4. The van der Waals surface area contributed by atoms with Crippen molar-refractivity contribution in [3.8, 4) is 0 Å². The third kappa shape index (κ3) is 3.86. The van der Waals surface area contributed by atoms with E-state index in [1.165, 1.54) is 16.8 Å². The van der Waals surface area contributed by atoms with E-state index >= 15 is 0 Å². The van der Waals surface area contributed by atoms with E-state index in [0.717, 1.165) is 50.0 Å². The number of hydrogen-bond donors (Lipinski definition) is 2. The fourth-order valence-electron chi connectivity index (χ4n) is 5.20. The van der Waals surface area contributed by atoms with Gasteiger partial charge < -0.3 is 15.3 Å². The van der Waals surface area contributed by atoms with E-state index in [-0.39, 0.29) is 6.04 Å². The van der Waals surface area contributed by atoms with Gasteiger partial charge in [0.25, 0.3) is 0 Å². The molecule has 1 aliphatic heterocycles. The first-order valence-corrected chi connectivity index (χ1v) is 11.4. The summed E-state index contributed by atoms with van der Waals surface area (Å²) in [5, 5.41) is 15.4. The highest BCUT2D eigenvalue weighted by atomic mass is 16.3. The Morgan fingerprint density at radius 2 is 1.61 bits per heavy atom. The summed E-state index contributed by atoms with van der Waals surface area (Å²) >= 11 is 0. The zero-order valence-electron chi connectivity index (χ0n) is 17.9. The molecule has 0 spiro atoms. The zero-order chi connectivity index (χ0) is 21.1. The maximum absolute atomic E-state index is 11.9. The van der Waals surface area contributed by atoms with Gasteiger partial charge in [-0.3, -0.25) is 0 Å². The van der Waals surface area contributed by atoms with Gasteiger partial charge in [-0.15, -0.1) is 0 Å². The smallest absolute Gasteiger partial charge is 0.114 e. The average molecular weight is 411 g/mol. The molecule has 0 unspecified atom stereocenters. The molecule has 31 heavy (non-hydrogen) atoms. The number of piperidine rings is 1. The minimum atomic E-state index is -0.837. The second-order valence-electron chi connectivity index (χ2n) is 8.64.